The van der Waals surface area contributed by atoms with Crippen LogP contribution in [0.1, 0.15) is 71.6 Å². The maximum absolute atomic E-state index is 5.68. The molecule has 0 aromatic rings. The van der Waals surface area contributed by atoms with Crippen molar-refractivity contribution in [2.45, 2.75) is 83.8 Å². The third kappa shape index (κ3) is 7.71. The lowest BCUT2D eigenvalue weighted by Crippen LogP contribution is -1.92. The summed E-state index contributed by atoms with van der Waals surface area (Å²) >= 11 is 0. The minimum atomic E-state index is 0.530. The third-order valence-corrected chi connectivity index (χ3v) is 3.49. The molecule has 1 heterocycles. The monoisotopic (exact) mass is 250 g/mol. The van der Waals surface area contributed by atoms with E-state index in [0.717, 1.165) is 19.3 Å². The van der Waals surface area contributed by atoms with E-state index in [4.69, 9.17) is 4.74 Å². The Labute approximate surface area is 113 Å². The number of ether oxygens (including phenoxy) is 1. The van der Waals surface area contributed by atoms with Crippen molar-refractivity contribution >= 4 is 0 Å². The normalized spacial score (nSPS) is 23.2. The second-order valence-corrected chi connectivity index (χ2v) is 5.24. The first-order valence-electron chi connectivity index (χ1n) is 7.84. The predicted octanol–water partition coefficient (Wildman–Crippen LogP) is 5.42. The highest BCUT2D eigenvalue weighted by Crippen LogP contribution is 2.30. The molecule has 2 atom stereocenters. The van der Waals surface area contributed by atoms with Crippen LogP contribution in [0.2, 0.25) is 0 Å². The van der Waals surface area contributed by atoms with Crippen molar-refractivity contribution in [1.82, 2.24) is 0 Å². The summed E-state index contributed by atoms with van der Waals surface area (Å²) in [6.07, 6.45) is 21.5. The molecule has 104 valence electrons. The third-order valence-electron chi connectivity index (χ3n) is 3.49. The van der Waals surface area contributed by atoms with Gasteiger partial charge in [0.2, 0.25) is 0 Å². The van der Waals surface area contributed by atoms with E-state index in [0.29, 0.717) is 12.2 Å². The SMILES string of the molecule is CC/C=C\C/C=C\C[C@@H]1O[C@@H]1CCCCCCC. The molecule has 1 fully saturated rings. The highest BCUT2D eigenvalue weighted by atomic mass is 16.6. The molecular formula is C17H30O. The molecule has 0 aromatic heterocycles. The molecular weight excluding hydrogens is 220 g/mol. The van der Waals surface area contributed by atoms with Gasteiger partial charge in [-0.05, 0) is 25.7 Å². The molecule has 0 radical (unpaired) electrons. The van der Waals surface area contributed by atoms with Gasteiger partial charge in [-0.2, -0.15) is 0 Å². The minimum Gasteiger partial charge on any atom is -0.369 e. The van der Waals surface area contributed by atoms with Crippen molar-refractivity contribution in [2.24, 2.45) is 0 Å². The van der Waals surface area contributed by atoms with Gasteiger partial charge in [0.25, 0.3) is 0 Å². The molecule has 1 nitrogen and oxygen atoms in total. The van der Waals surface area contributed by atoms with Crippen molar-refractivity contribution in [2.75, 3.05) is 0 Å². The van der Waals surface area contributed by atoms with Gasteiger partial charge in [-0.3, -0.25) is 0 Å². The number of rotatable bonds is 11. The molecule has 1 aliphatic rings. The molecule has 0 N–H and O–H groups in total. The van der Waals surface area contributed by atoms with E-state index in [1.807, 2.05) is 0 Å². The Morgan fingerprint density at radius 2 is 1.61 bits per heavy atom. The Morgan fingerprint density at radius 1 is 0.833 bits per heavy atom. The predicted molar refractivity (Wildman–Crippen MR) is 79.8 cm³/mol. The molecule has 1 rings (SSSR count). The second-order valence-electron chi connectivity index (χ2n) is 5.24. The summed E-state index contributed by atoms with van der Waals surface area (Å²) in [5.41, 5.74) is 0. The van der Waals surface area contributed by atoms with E-state index < -0.39 is 0 Å². The number of epoxide rings is 1. The molecule has 18 heavy (non-hydrogen) atoms. The first-order chi connectivity index (χ1) is 8.88. The van der Waals surface area contributed by atoms with E-state index in [1.54, 1.807) is 0 Å². The average Bonchev–Trinajstić information content (AvgIpc) is 3.12. The maximum Gasteiger partial charge on any atom is 0.0876 e. The van der Waals surface area contributed by atoms with E-state index in [2.05, 4.69) is 38.2 Å². The lowest BCUT2D eigenvalue weighted by Gasteiger charge is -1.97. The van der Waals surface area contributed by atoms with Crippen LogP contribution in [0.5, 0.6) is 0 Å². The van der Waals surface area contributed by atoms with Gasteiger partial charge < -0.3 is 4.74 Å². The smallest absolute Gasteiger partial charge is 0.0876 e. The fraction of sp³-hybridized carbons (Fsp3) is 0.765. The Hall–Kier alpha value is -0.560. The molecule has 0 amide bonds. The van der Waals surface area contributed by atoms with Gasteiger partial charge in [0, 0.05) is 0 Å². The molecule has 0 bridgehead atoms. The molecule has 1 heteroatoms. The highest BCUT2D eigenvalue weighted by molar-refractivity contribution is 4.97. The summed E-state index contributed by atoms with van der Waals surface area (Å²) in [7, 11) is 0. The second kappa shape index (κ2) is 10.4. The van der Waals surface area contributed by atoms with Gasteiger partial charge in [0.15, 0.2) is 0 Å². The van der Waals surface area contributed by atoms with E-state index >= 15 is 0 Å². The van der Waals surface area contributed by atoms with E-state index in [1.165, 1.54) is 38.5 Å². The van der Waals surface area contributed by atoms with Gasteiger partial charge in [-0.1, -0.05) is 70.3 Å². The topological polar surface area (TPSA) is 12.5 Å². The van der Waals surface area contributed by atoms with Crippen molar-refractivity contribution in [3.8, 4) is 0 Å². The van der Waals surface area contributed by atoms with Crippen LogP contribution in [0.3, 0.4) is 0 Å². The van der Waals surface area contributed by atoms with Crippen LogP contribution in [0.25, 0.3) is 0 Å². The van der Waals surface area contributed by atoms with Gasteiger partial charge in [-0.15, -0.1) is 0 Å². The van der Waals surface area contributed by atoms with Crippen LogP contribution in [0.15, 0.2) is 24.3 Å². The quantitative estimate of drug-likeness (QED) is 0.271. The summed E-state index contributed by atoms with van der Waals surface area (Å²) in [6, 6.07) is 0. The first kappa shape index (κ1) is 15.5. The average molecular weight is 250 g/mol. The number of hydrogen-bond acceptors (Lipinski definition) is 1. The molecule has 0 spiro atoms. The Kier molecular flexibility index (Phi) is 8.93. The summed E-state index contributed by atoms with van der Waals surface area (Å²) < 4.78 is 5.68. The lowest BCUT2D eigenvalue weighted by molar-refractivity contribution is 0.358. The highest BCUT2D eigenvalue weighted by Gasteiger charge is 2.36. The summed E-state index contributed by atoms with van der Waals surface area (Å²) in [6.45, 7) is 4.44. The maximum atomic E-state index is 5.68. The Balaban J connectivity index is 1.89. The van der Waals surface area contributed by atoms with Crippen LogP contribution in [-0.4, -0.2) is 12.2 Å². The van der Waals surface area contributed by atoms with E-state index in [9.17, 15) is 0 Å². The largest absolute Gasteiger partial charge is 0.369 e. The number of unbranched alkanes of at least 4 members (excludes halogenated alkanes) is 4. The standard InChI is InChI=1S/C17H30O/c1-3-5-7-9-11-13-15-17-16(18-17)14-12-10-8-6-4-2/h5,7,11,13,16-17H,3-4,6,8-10,12,14-15H2,1-2H3/b7-5-,13-11-/t16-,17+/m1/s1. The fourth-order valence-electron chi connectivity index (χ4n) is 2.26. The minimum absolute atomic E-state index is 0.530. The number of hydrogen-bond donors (Lipinski definition) is 0. The van der Waals surface area contributed by atoms with Gasteiger partial charge in [0.1, 0.15) is 0 Å². The lowest BCUT2D eigenvalue weighted by atomic mass is 10.1. The van der Waals surface area contributed by atoms with Gasteiger partial charge >= 0.3 is 0 Å². The molecule has 1 aliphatic heterocycles. The molecule has 1 saturated heterocycles. The number of allylic oxidation sites excluding steroid dienone is 3. The van der Waals surface area contributed by atoms with Crippen molar-refractivity contribution in [3.05, 3.63) is 24.3 Å². The first-order valence-corrected chi connectivity index (χ1v) is 7.84. The zero-order chi connectivity index (χ0) is 13.1. The van der Waals surface area contributed by atoms with Crippen molar-refractivity contribution in [1.29, 1.82) is 0 Å². The van der Waals surface area contributed by atoms with Crippen LogP contribution >= 0.6 is 0 Å². The molecule has 0 unspecified atom stereocenters. The van der Waals surface area contributed by atoms with Gasteiger partial charge in [0.05, 0.1) is 12.2 Å². The molecule has 0 saturated carbocycles. The zero-order valence-electron chi connectivity index (χ0n) is 12.2. The summed E-state index contributed by atoms with van der Waals surface area (Å²) in [5.74, 6) is 0. The van der Waals surface area contributed by atoms with Crippen LogP contribution in [0, 0.1) is 0 Å². The zero-order valence-corrected chi connectivity index (χ0v) is 12.2. The Morgan fingerprint density at radius 3 is 2.39 bits per heavy atom. The Bertz CT molecular complexity index is 242. The van der Waals surface area contributed by atoms with Gasteiger partial charge in [-0.25, -0.2) is 0 Å². The summed E-state index contributed by atoms with van der Waals surface area (Å²) in [5, 5.41) is 0. The van der Waals surface area contributed by atoms with Crippen LogP contribution in [0.4, 0.5) is 0 Å². The van der Waals surface area contributed by atoms with Crippen LogP contribution in [-0.2, 0) is 4.74 Å². The fourth-order valence-corrected chi connectivity index (χ4v) is 2.26. The van der Waals surface area contributed by atoms with Crippen molar-refractivity contribution < 1.29 is 4.74 Å². The van der Waals surface area contributed by atoms with Crippen molar-refractivity contribution in [3.63, 3.8) is 0 Å². The summed E-state index contributed by atoms with van der Waals surface area (Å²) in [4.78, 5) is 0. The molecule has 0 aliphatic carbocycles. The van der Waals surface area contributed by atoms with Crippen LogP contribution < -0.4 is 0 Å². The molecule has 0 aromatic carbocycles. The van der Waals surface area contributed by atoms with E-state index in [-0.39, 0.29) is 0 Å².